The van der Waals surface area contributed by atoms with Crippen LogP contribution in [0.25, 0.3) is 0 Å². The fraction of sp³-hybridized carbons (Fsp3) is 0.600. The van der Waals surface area contributed by atoms with Gasteiger partial charge in [0.15, 0.2) is 0 Å². The Hall–Kier alpha value is 0. The van der Waals surface area contributed by atoms with Gasteiger partial charge < -0.3 is 0 Å². The summed E-state index contributed by atoms with van der Waals surface area (Å²) in [5, 5.41) is 0.968. The van der Waals surface area contributed by atoms with E-state index in [9.17, 15) is 4.89 Å². The van der Waals surface area contributed by atoms with Crippen molar-refractivity contribution in [3.63, 3.8) is 0 Å². The van der Waals surface area contributed by atoms with Crippen LogP contribution in [-0.2, 0) is 4.31 Å². The second-order valence-electron chi connectivity index (χ2n) is 5.26. The number of rotatable bonds is 7. The maximum absolute atomic E-state index is 10.6. The van der Waals surface area contributed by atoms with E-state index in [0.29, 0.717) is 0 Å². The predicted molar refractivity (Wildman–Crippen MR) is 90.1 cm³/mol. The Labute approximate surface area is 119 Å². The van der Waals surface area contributed by atoms with E-state index in [-0.39, 0.29) is 0 Å². The van der Waals surface area contributed by atoms with E-state index < -0.39 is 15.2 Å². The molecular formula is C15H28O2P2. The van der Waals surface area contributed by atoms with Crippen molar-refractivity contribution in [1.82, 2.24) is 0 Å². The molecule has 0 saturated heterocycles. The van der Waals surface area contributed by atoms with Gasteiger partial charge in [-0.25, -0.2) is 0 Å². The molecule has 0 heterocycles. The minimum absolute atomic E-state index is 0.968. The molecule has 1 rings (SSSR count). The van der Waals surface area contributed by atoms with Crippen molar-refractivity contribution in [1.29, 1.82) is 0 Å². The average molecular weight is 302 g/mol. The van der Waals surface area contributed by atoms with E-state index in [1.54, 1.807) is 0 Å². The van der Waals surface area contributed by atoms with Crippen molar-refractivity contribution in [3.05, 3.63) is 29.8 Å². The van der Waals surface area contributed by atoms with Gasteiger partial charge in [0.05, 0.1) is 0 Å². The first-order chi connectivity index (χ1) is 8.96. The summed E-state index contributed by atoms with van der Waals surface area (Å²) in [5.74, 6) is 0. The second kappa shape index (κ2) is 6.64. The Morgan fingerprint density at radius 2 is 1.47 bits per heavy atom. The molecule has 0 aliphatic heterocycles. The average Bonchev–Trinajstić information content (AvgIpc) is 2.46. The predicted octanol–water partition coefficient (Wildman–Crippen LogP) is 4.49. The molecule has 0 saturated carbocycles. The van der Waals surface area contributed by atoms with Gasteiger partial charge in [0.1, 0.15) is 0 Å². The van der Waals surface area contributed by atoms with Crippen molar-refractivity contribution in [3.8, 4) is 0 Å². The molecule has 0 fully saturated rings. The fourth-order valence-electron chi connectivity index (χ4n) is 2.61. The van der Waals surface area contributed by atoms with Crippen LogP contribution in [0.15, 0.2) is 24.3 Å². The van der Waals surface area contributed by atoms with Crippen LogP contribution in [0.2, 0.25) is 0 Å². The molecule has 2 nitrogen and oxygen atoms in total. The third kappa shape index (κ3) is 3.37. The van der Waals surface area contributed by atoms with Crippen molar-refractivity contribution in [2.75, 3.05) is 24.6 Å². The molecule has 0 spiro atoms. The molecule has 0 amide bonds. The number of benzene rings is 1. The van der Waals surface area contributed by atoms with Gasteiger partial charge in [0.25, 0.3) is 0 Å². The van der Waals surface area contributed by atoms with Gasteiger partial charge >= 0.3 is 119 Å². The van der Waals surface area contributed by atoms with Gasteiger partial charge in [-0.1, -0.05) is 0 Å². The van der Waals surface area contributed by atoms with E-state index in [1.807, 2.05) is 31.2 Å². The normalized spacial score (nSPS) is 15.8. The molecule has 0 radical (unpaired) electrons. The van der Waals surface area contributed by atoms with Crippen LogP contribution in [0, 0.1) is 6.92 Å². The van der Waals surface area contributed by atoms with Gasteiger partial charge in [-0.2, -0.15) is 0 Å². The molecule has 0 bridgehead atoms. The SMILES string of the molecule is CCP(CC)(CC)(CC)OP(O)c1ccccc1C. The van der Waals surface area contributed by atoms with Crippen LogP contribution < -0.4 is 5.30 Å². The number of hydrogen-bond donors (Lipinski definition) is 1. The summed E-state index contributed by atoms with van der Waals surface area (Å²) in [6, 6.07) is 8.00. The summed E-state index contributed by atoms with van der Waals surface area (Å²) in [5.41, 5.74) is 1.12. The summed E-state index contributed by atoms with van der Waals surface area (Å²) in [6.45, 7) is 8.70. The Morgan fingerprint density at radius 3 is 1.89 bits per heavy atom. The zero-order valence-electron chi connectivity index (χ0n) is 12.9. The van der Waals surface area contributed by atoms with Crippen LogP contribution in [-0.4, -0.2) is 29.5 Å². The molecule has 19 heavy (non-hydrogen) atoms. The topological polar surface area (TPSA) is 29.5 Å². The summed E-state index contributed by atoms with van der Waals surface area (Å²) < 4.78 is 6.44. The summed E-state index contributed by atoms with van der Waals surface area (Å²) in [7, 11) is -1.50. The number of aryl methyl sites for hydroxylation is 1. The zero-order chi connectivity index (χ0) is 14.5. The first-order valence-corrected chi connectivity index (χ1v) is 11.3. The molecule has 1 atom stereocenters. The first-order valence-electron chi connectivity index (χ1n) is 7.21. The summed E-state index contributed by atoms with van der Waals surface area (Å²) in [4.78, 5) is 10.6. The third-order valence-electron chi connectivity index (χ3n) is 4.83. The molecular weight excluding hydrogens is 274 g/mol. The molecule has 110 valence electrons. The van der Waals surface area contributed by atoms with E-state index >= 15 is 0 Å². The summed E-state index contributed by atoms with van der Waals surface area (Å²) >= 11 is 0. The fourth-order valence-corrected chi connectivity index (χ4v) is 9.84. The van der Waals surface area contributed by atoms with Crippen molar-refractivity contribution in [2.24, 2.45) is 0 Å². The second-order valence-corrected chi connectivity index (χ2v) is 13.2. The van der Waals surface area contributed by atoms with Crippen molar-refractivity contribution < 1.29 is 9.20 Å². The Bertz CT molecular complexity index is 393. The first kappa shape index (κ1) is 17.1. The molecule has 0 aliphatic carbocycles. The van der Waals surface area contributed by atoms with Crippen LogP contribution in [0.1, 0.15) is 33.3 Å². The molecule has 1 N–H and O–H groups in total. The quantitative estimate of drug-likeness (QED) is 0.752. The molecule has 4 heteroatoms. The molecule has 1 aromatic carbocycles. The van der Waals surface area contributed by atoms with Crippen molar-refractivity contribution in [2.45, 2.75) is 34.6 Å². The molecule has 1 unspecified atom stereocenters. The van der Waals surface area contributed by atoms with Crippen LogP contribution in [0.3, 0.4) is 0 Å². The Kier molecular flexibility index (Phi) is 5.96. The monoisotopic (exact) mass is 302 g/mol. The van der Waals surface area contributed by atoms with Crippen LogP contribution >= 0.6 is 15.2 Å². The maximum atomic E-state index is 10.6. The van der Waals surface area contributed by atoms with E-state index in [2.05, 4.69) is 27.7 Å². The Balaban J connectivity index is 3.08. The minimum atomic E-state index is -2.21. The van der Waals surface area contributed by atoms with E-state index in [1.165, 1.54) is 0 Å². The van der Waals surface area contributed by atoms with Gasteiger partial charge in [0.2, 0.25) is 0 Å². The van der Waals surface area contributed by atoms with E-state index in [0.717, 1.165) is 35.5 Å². The van der Waals surface area contributed by atoms with Gasteiger partial charge in [-0.15, -0.1) is 0 Å². The third-order valence-corrected chi connectivity index (χ3v) is 14.6. The van der Waals surface area contributed by atoms with Crippen LogP contribution in [0.4, 0.5) is 0 Å². The zero-order valence-corrected chi connectivity index (χ0v) is 14.7. The van der Waals surface area contributed by atoms with Gasteiger partial charge in [-0.05, 0) is 0 Å². The Morgan fingerprint density at radius 1 is 1.00 bits per heavy atom. The van der Waals surface area contributed by atoms with Crippen LogP contribution in [0.5, 0.6) is 0 Å². The molecule has 0 aromatic heterocycles. The molecule has 1 aromatic rings. The van der Waals surface area contributed by atoms with E-state index in [4.69, 9.17) is 4.31 Å². The summed E-state index contributed by atoms with van der Waals surface area (Å²) in [6.07, 6.45) is 4.22. The standard InChI is InChI=1S/C15H28O2P2/c1-6-19(7-2,8-3,9-4)17-18(16)15-13-11-10-12-14(15)5/h10-13,16H,6-9H2,1-5H3. The number of hydrogen-bond acceptors (Lipinski definition) is 2. The molecule has 0 aliphatic rings. The van der Waals surface area contributed by atoms with Gasteiger partial charge in [0, 0.05) is 0 Å². The van der Waals surface area contributed by atoms with Crippen molar-refractivity contribution >= 4 is 20.5 Å². The van der Waals surface area contributed by atoms with Gasteiger partial charge in [-0.3, -0.25) is 0 Å².